The minimum atomic E-state index is -1.39. The summed E-state index contributed by atoms with van der Waals surface area (Å²) in [4.78, 5) is 60.8. The molecule has 4 amide bonds. The first kappa shape index (κ1) is 30.7. The van der Waals surface area contributed by atoms with Gasteiger partial charge in [0.2, 0.25) is 23.6 Å². The molecule has 0 spiro atoms. The Balaban J connectivity index is 3.07. The molecule has 0 saturated carbocycles. The number of carboxylic acid groups (broad SMARTS) is 1. The Hall–Kier alpha value is -3.36. The van der Waals surface area contributed by atoms with Gasteiger partial charge in [0, 0.05) is 12.8 Å². The van der Waals surface area contributed by atoms with Crippen molar-refractivity contribution in [1.29, 1.82) is 0 Å². The van der Waals surface area contributed by atoms with E-state index in [2.05, 4.69) is 16.0 Å². The predicted molar refractivity (Wildman–Crippen MR) is 132 cm³/mol. The topological polar surface area (TPSA) is 234 Å². The van der Waals surface area contributed by atoms with Gasteiger partial charge in [0.25, 0.3) is 0 Å². The Kier molecular flexibility index (Phi) is 13.3. The van der Waals surface area contributed by atoms with Gasteiger partial charge < -0.3 is 42.7 Å². The second-order valence-electron chi connectivity index (χ2n) is 7.97. The van der Waals surface area contributed by atoms with Crippen molar-refractivity contribution in [2.75, 3.05) is 18.6 Å². The lowest BCUT2D eigenvalue weighted by molar-refractivity contribution is -0.142. The molecule has 1 aromatic carbocycles. The van der Waals surface area contributed by atoms with Crippen molar-refractivity contribution >= 4 is 41.4 Å². The highest BCUT2D eigenvalue weighted by atomic mass is 32.2. The van der Waals surface area contributed by atoms with E-state index in [1.54, 1.807) is 18.4 Å². The summed E-state index contributed by atoms with van der Waals surface area (Å²) in [5.74, 6) is -3.96. The van der Waals surface area contributed by atoms with Crippen LogP contribution in [0.5, 0.6) is 5.75 Å². The lowest BCUT2D eigenvalue weighted by Gasteiger charge is -2.25. The molecular weight excluding hydrogens is 494 g/mol. The third kappa shape index (κ3) is 10.9. The fraction of sp³-hybridized carbons (Fsp3) is 0.500. The fourth-order valence-electron chi connectivity index (χ4n) is 3.03. The first-order valence-electron chi connectivity index (χ1n) is 11.0. The van der Waals surface area contributed by atoms with Crippen molar-refractivity contribution in [3.05, 3.63) is 29.8 Å². The zero-order chi connectivity index (χ0) is 27.3. The monoisotopic (exact) mass is 527 g/mol. The normalized spacial score (nSPS) is 14.1. The largest absolute Gasteiger partial charge is 0.508 e. The van der Waals surface area contributed by atoms with E-state index in [9.17, 15) is 34.2 Å². The molecule has 14 heteroatoms. The van der Waals surface area contributed by atoms with E-state index in [-0.39, 0.29) is 31.4 Å². The zero-order valence-corrected chi connectivity index (χ0v) is 20.6. The van der Waals surface area contributed by atoms with Crippen LogP contribution >= 0.6 is 11.8 Å². The predicted octanol–water partition coefficient (Wildman–Crippen LogP) is -2.19. The van der Waals surface area contributed by atoms with Gasteiger partial charge in [0.15, 0.2) is 0 Å². The number of phenols is 1. The molecule has 13 nitrogen and oxygen atoms in total. The third-order valence-electron chi connectivity index (χ3n) is 5.08. The lowest BCUT2D eigenvalue weighted by atomic mass is 10.0. The van der Waals surface area contributed by atoms with Crippen LogP contribution in [0.15, 0.2) is 24.3 Å². The first-order chi connectivity index (χ1) is 17.0. The average molecular weight is 528 g/mol. The number of benzene rings is 1. The number of hydrogen-bond donors (Lipinski definition) is 8. The summed E-state index contributed by atoms with van der Waals surface area (Å²) in [7, 11) is 0. The Morgan fingerprint density at radius 3 is 2.00 bits per heavy atom. The van der Waals surface area contributed by atoms with Crippen molar-refractivity contribution in [3.8, 4) is 5.75 Å². The van der Waals surface area contributed by atoms with Crippen LogP contribution in [0.2, 0.25) is 0 Å². The fourth-order valence-corrected chi connectivity index (χ4v) is 3.50. The van der Waals surface area contributed by atoms with Crippen LogP contribution in [-0.2, 0) is 30.4 Å². The van der Waals surface area contributed by atoms with Gasteiger partial charge >= 0.3 is 5.97 Å². The molecule has 0 heterocycles. The van der Waals surface area contributed by atoms with Crippen LogP contribution in [0.4, 0.5) is 0 Å². The number of nitrogens with two attached hydrogens (primary N) is 2. The number of carbonyl (C=O) groups excluding carboxylic acids is 4. The zero-order valence-electron chi connectivity index (χ0n) is 19.8. The van der Waals surface area contributed by atoms with Crippen molar-refractivity contribution in [2.45, 2.75) is 49.9 Å². The first-order valence-corrected chi connectivity index (χ1v) is 12.4. The minimum absolute atomic E-state index is 0.00390. The van der Waals surface area contributed by atoms with Crippen molar-refractivity contribution < 1.29 is 39.3 Å². The summed E-state index contributed by atoms with van der Waals surface area (Å²) < 4.78 is 0. The Labute approximate surface area is 212 Å². The van der Waals surface area contributed by atoms with Crippen molar-refractivity contribution in [3.63, 3.8) is 0 Å². The molecule has 1 aromatic rings. The minimum Gasteiger partial charge on any atom is -0.508 e. The molecule has 4 atom stereocenters. The number of thioether (sulfide) groups is 1. The van der Waals surface area contributed by atoms with Gasteiger partial charge in [0.1, 0.15) is 29.9 Å². The average Bonchev–Trinajstić information content (AvgIpc) is 2.83. The van der Waals surface area contributed by atoms with Crippen LogP contribution in [0.25, 0.3) is 0 Å². The number of carbonyl (C=O) groups is 5. The summed E-state index contributed by atoms with van der Waals surface area (Å²) in [5, 5.41) is 35.3. The van der Waals surface area contributed by atoms with E-state index in [0.717, 1.165) is 0 Å². The molecule has 10 N–H and O–H groups in total. The molecule has 0 saturated heterocycles. The van der Waals surface area contributed by atoms with Crippen molar-refractivity contribution in [1.82, 2.24) is 16.0 Å². The van der Waals surface area contributed by atoms with Crippen LogP contribution in [0.3, 0.4) is 0 Å². The van der Waals surface area contributed by atoms with Crippen LogP contribution in [0, 0.1) is 0 Å². The van der Waals surface area contributed by atoms with Gasteiger partial charge in [-0.3, -0.25) is 19.2 Å². The van der Waals surface area contributed by atoms with Crippen LogP contribution < -0.4 is 27.4 Å². The molecule has 200 valence electrons. The standard InChI is InChI=1S/C22H33N5O8S/c1-36-9-8-15(20(32)26-16(22(34)35)6-7-18(24)30)25-21(33)17(27-19(31)14(23)11-28)10-12-2-4-13(29)5-3-12/h2-5,14-17,28-29H,6-11,23H2,1H3,(H2,24,30)(H,25,33)(H,26,32)(H,27,31)(H,34,35). The summed E-state index contributed by atoms with van der Waals surface area (Å²) in [6, 6.07) is 0.868. The smallest absolute Gasteiger partial charge is 0.326 e. The highest BCUT2D eigenvalue weighted by Crippen LogP contribution is 2.12. The van der Waals surface area contributed by atoms with E-state index >= 15 is 0 Å². The summed E-state index contributed by atoms with van der Waals surface area (Å²) in [6.07, 6.45) is 1.43. The number of rotatable bonds is 16. The highest BCUT2D eigenvalue weighted by Gasteiger charge is 2.30. The summed E-state index contributed by atoms with van der Waals surface area (Å²) in [5.41, 5.74) is 11.2. The Morgan fingerprint density at radius 1 is 0.917 bits per heavy atom. The van der Waals surface area contributed by atoms with Gasteiger partial charge in [-0.25, -0.2) is 4.79 Å². The number of primary amides is 1. The maximum atomic E-state index is 13.1. The maximum Gasteiger partial charge on any atom is 0.326 e. The van der Waals surface area contributed by atoms with Gasteiger partial charge in [-0.15, -0.1) is 0 Å². The number of aliphatic carboxylic acids is 1. The summed E-state index contributed by atoms with van der Waals surface area (Å²) in [6.45, 7) is -0.653. The second-order valence-corrected chi connectivity index (χ2v) is 8.95. The second kappa shape index (κ2) is 15.6. The number of phenolic OH excluding ortho intramolecular Hbond substituents is 1. The molecule has 0 radical (unpaired) electrons. The van der Waals surface area contributed by atoms with Gasteiger partial charge in [0.05, 0.1) is 6.61 Å². The molecule has 0 bridgehead atoms. The lowest BCUT2D eigenvalue weighted by Crippen LogP contribution is -2.58. The van der Waals surface area contributed by atoms with E-state index in [1.807, 2.05) is 0 Å². The van der Waals surface area contributed by atoms with E-state index in [4.69, 9.17) is 16.6 Å². The number of nitrogens with one attached hydrogen (secondary N) is 3. The number of hydrogen-bond acceptors (Lipinski definition) is 9. The third-order valence-corrected chi connectivity index (χ3v) is 5.72. The van der Waals surface area contributed by atoms with E-state index in [1.165, 1.54) is 23.9 Å². The molecule has 4 unspecified atom stereocenters. The number of carboxylic acids is 1. The molecule has 0 aromatic heterocycles. The van der Waals surface area contributed by atoms with E-state index < -0.39 is 60.4 Å². The molecule has 0 aliphatic rings. The van der Waals surface area contributed by atoms with E-state index in [0.29, 0.717) is 11.3 Å². The Bertz CT molecular complexity index is 914. The molecular formula is C22H33N5O8S. The maximum absolute atomic E-state index is 13.1. The van der Waals surface area contributed by atoms with Gasteiger partial charge in [-0.05, 0) is 42.5 Å². The Morgan fingerprint density at radius 2 is 1.47 bits per heavy atom. The number of aliphatic hydroxyl groups excluding tert-OH is 1. The van der Waals surface area contributed by atoms with Crippen LogP contribution in [-0.4, -0.2) is 87.7 Å². The van der Waals surface area contributed by atoms with Crippen LogP contribution in [0.1, 0.15) is 24.8 Å². The molecule has 0 aliphatic carbocycles. The SMILES string of the molecule is CSCCC(NC(=O)C(Cc1ccc(O)cc1)NC(=O)C(N)CO)C(=O)NC(CCC(N)=O)C(=O)O. The molecule has 1 rings (SSSR count). The quantitative estimate of drug-likeness (QED) is 0.116. The highest BCUT2D eigenvalue weighted by molar-refractivity contribution is 7.98. The van der Waals surface area contributed by atoms with Crippen molar-refractivity contribution in [2.24, 2.45) is 11.5 Å². The number of aromatic hydroxyl groups is 1. The number of aliphatic hydroxyl groups is 1. The van der Waals surface area contributed by atoms with Gasteiger partial charge in [-0.2, -0.15) is 11.8 Å². The molecule has 36 heavy (non-hydrogen) atoms. The molecule has 0 fully saturated rings. The number of amides is 4. The molecule has 0 aliphatic heterocycles. The van der Waals surface area contributed by atoms with Gasteiger partial charge in [-0.1, -0.05) is 12.1 Å². The summed E-state index contributed by atoms with van der Waals surface area (Å²) >= 11 is 1.40.